The summed E-state index contributed by atoms with van der Waals surface area (Å²) in [5, 5.41) is 15.1. The van der Waals surface area contributed by atoms with Gasteiger partial charge in [-0.15, -0.1) is 0 Å². The van der Waals surface area contributed by atoms with Gasteiger partial charge in [-0.2, -0.15) is 0 Å². The molecule has 1 aromatic rings. The number of imide groups is 1. The lowest BCUT2D eigenvalue weighted by Crippen LogP contribution is -2.41. The fourth-order valence-corrected chi connectivity index (χ4v) is 1.56. The Hall–Kier alpha value is -2.97. The first kappa shape index (κ1) is 17.1. The number of urea groups is 1. The Morgan fingerprint density at radius 1 is 1.27 bits per heavy atom. The first-order valence-electron chi connectivity index (χ1n) is 6.39. The molecule has 0 saturated heterocycles. The molecule has 0 unspecified atom stereocenters. The molecular weight excluding hydrogens is 294 g/mol. The number of nitrogens with one attached hydrogen (secondary N) is 2. The average molecular weight is 309 g/mol. The largest absolute Gasteiger partial charge is 0.455 e. The van der Waals surface area contributed by atoms with Gasteiger partial charge >= 0.3 is 12.0 Å². The van der Waals surface area contributed by atoms with Crippen LogP contribution in [0.3, 0.4) is 0 Å². The summed E-state index contributed by atoms with van der Waals surface area (Å²) in [6, 6.07) is 5.03. The minimum absolute atomic E-state index is 0.182. The Kier molecular flexibility index (Phi) is 6.48. The molecule has 9 heteroatoms. The molecule has 0 aliphatic rings. The highest BCUT2D eigenvalue weighted by atomic mass is 16.6. The fraction of sp³-hybridized carbons (Fsp3) is 0.308. The summed E-state index contributed by atoms with van der Waals surface area (Å²) in [7, 11) is 0. The maximum Gasteiger partial charge on any atom is 0.321 e. The highest BCUT2D eigenvalue weighted by molar-refractivity contribution is 5.95. The normalized spacial score (nSPS) is 9.68. The number of esters is 1. The van der Waals surface area contributed by atoms with Crippen LogP contribution in [-0.4, -0.2) is 36.0 Å². The number of rotatable bonds is 6. The van der Waals surface area contributed by atoms with Gasteiger partial charge in [0.15, 0.2) is 6.61 Å². The summed E-state index contributed by atoms with van der Waals surface area (Å²) in [4.78, 5) is 44.1. The Labute approximate surface area is 125 Å². The highest BCUT2D eigenvalue weighted by Crippen LogP contribution is 2.18. The van der Waals surface area contributed by atoms with Crippen molar-refractivity contribution in [2.24, 2.45) is 0 Å². The van der Waals surface area contributed by atoms with Gasteiger partial charge in [0.25, 0.3) is 11.6 Å². The molecule has 0 spiro atoms. The van der Waals surface area contributed by atoms with E-state index in [1.54, 1.807) is 13.0 Å². The van der Waals surface area contributed by atoms with Gasteiger partial charge in [0, 0.05) is 18.2 Å². The van der Waals surface area contributed by atoms with Crippen molar-refractivity contribution in [2.75, 3.05) is 13.2 Å². The van der Waals surface area contributed by atoms with Crippen LogP contribution in [0.25, 0.3) is 0 Å². The molecule has 0 fully saturated rings. The van der Waals surface area contributed by atoms with Crippen molar-refractivity contribution >= 4 is 23.6 Å². The predicted octanol–water partition coefficient (Wildman–Crippen LogP) is 0.526. The Balaban J connectivity index is 2.49. The van der Waals surface area contributed by atoms with Gasteiger partial charge < -0.3 is 10.1 Å². The smallest absolute Gasteiger partial charge is 0.321 e. The summed E-state index contributed by atoms with van der Waals surface area (Å²) < 4.78 is 4.67. The van der Waals surface area contributed by atoms with Crippen LogP contribution in [0.1, 0.15) is 12.5 Å². The van der Waals surface area contributed by atoms with Crippen LogP contribution in [0.4, 0.5) is 10.5 Å². The molecule has 22 heavy (non-hydrogen) atoms. The van der Waals surface area contributed by atoms with Gasteiger partial charge in [0.2, 0.25) is 0 Å². The molecule has 0 atom stereocenters. The maximum atomic E-state index is 11.6. The molecule has 118 valence electrons. The maximum absolute atomic E-state index is 11.6. The number of ether oxygens (including phenoxy) is 1. The third-order valence-electron chi connectivity index (χ3n) is 2.48. The Morgan fingerprint density at radius 3 is 2.59 bits per heavy atom. The molecule has 0 radical (unpaired) electrons. The van der Waals surface area contributed by atoms with Crippen LogP contribution in [0, 0.1) is 10.1 Å². The SMILES string of the molecule is CCNC(=O)NC(=O)COC(=O)Cc1ccccc1[N+](=O)[O-]. The molecule has 0 bridgehead atoms. The summed E-state index contributed by atoms with van der Waals surface area (Å²) in [6.07, 6.45) is -0.342. The van der Waals surface area contributed by atoms with Crippen LogP contribution < -0.4 is 10.6 Å². The fourth-order valence-electron chi connectivity index (χ4n) is 1.56. The van der Waals surface area contributed by atoms with E-state index < -0.39 is 29.4 Å². The van der Waals surface area contributed by atoms with Crippen molar-refractivity contribution < 1.29 is 24.0 Å². The number of nitro groups is 1. The Bertz CT molecular complexity index is 587. The number of hydrogen-bond donors (Lipinski definition) is 2. The molecule has 0 aliphatic heterocycles. The van der Waals surface area contributed by atoms with Gasteiger partial charge in [-0.25, -0.2) is 4.79 Å². The number of hydrogen-bond acceptors (Lipinski definition) is 6. The van der Waals surface area contributed by atoms with E-state index in [-0.39, 0.29) is 17.7 Å². The second-order valence-electron chi connectivity index (χ2n) is 4.13. The van der Waals surface area contributed by atoms with Gasteiger partial charge in [-0.3, -0.25) is 25.0 Å². The number of carbonyl (C=O) groups is 3. The molecule has 0 saturated carbocycles. The van der Waals surface area contributed by atoms with Crippen molar-refractivity contribution in [1.29, 1.82) is 0 Å². The van der Waals surface area contributed by atoms with Crippen LogP contribution >= 0.6 is 0 Å². The summed E-state index contributed by atoms with van der Waals surface area (Å²) in [6.45, 7) is 1.38. The molecular formula is C13H15N3O6. The lowest BCUT2D eigenvalue weighted by Gasteiger charge is -2.06. The molecule has 1 aromatic carbocycles. The van der Waals surface area contributed by atoms with E-state index >= 15 is 0 Å². The molecule has 9 nitrogen and oxygen atoms in total. The van der Waals surface area contributed by atoms with E-state index in [2.05, 4.69) is 10.1 Å². The van der Waals surface area contributed by atoms with Crippen molar-refractivity contribution in [3.05, 3.63) is 39.9 Å². The van der Waals surface area contributed by atoms with Crippen LogP contribution in [0.2, 0.25) is 0 Å². The lowest BCUT2D eigenvalue weighted by molar-refractivity contribution is -0.385. The van der Waals surface area contributed by atoms with Crippen LogP contribution in [0.5, 0.6) is 0 Å². The minimum atomic E-state index is -0.805. The van der Waals surface area contributed by atoms with Crippen LogP contribution in [0.15, 0.2) is 24.3 Å². The number of amides is 3. The highest BCUT2D eigenvalue weighted by Gasteiger charge is 2.17. The monoisotopic (exact) mass is 309 g/mol. The molecule has 3 amide bonds. The number of carbonyl (C=O) groups excluding carboxylic acids is 3. The van der Waals surface area contributed by atoms with Crippen molar-refractivity contribution in [3.63, 3.8) is 0 Å². The first-order valence-corrected chi connectivity index (χ1v) is 6.39. The van der Waals surface area contributed by atoms with Crippen molar-refractivity contribution in [2.45, 2.75) is 13.3 Å². The zero-order valence-electron chi connectivity index (χ0n) is 11.8. The van der Waals surface area contributed by atoms with E-state index in [0.29, 0.717) is 6.54 Å². The second kappa shape index (κ2) is 8.35. The quantitative estimate of drug-likeness (QED) is 0.448. The van der Waals surface area contributed by atoms with Gasteiger partial charge in [-0.05, 0) is 6.92 Å². The van der Waals surface area contributed by atoms with Gasteiger partial charge in [0.05, 0.1) is 11.3 Å². The standard InChI is InChI=1S/C13H15N3O6/c1-2-14-13(19)15-11(17)8-22-12(18)7-9-5-3-4-6-10(9)16(20)21/h3-6H,2,7-8H2,1H3,(H2,14,15,17,19). The Morgan fingerprint density at radius 2 is 1.95 bits per heavy atom. The zero-order chi connectivity index (χ0) is 16.5. The molecule has 1 rings (SSSR count). The van der Waals surface area contributed by atoms with E-state index in [1.807, 2.05) is 5.32 Å². The summed E-state index contributed by atoms with van der Waals surface area (Å²) in [5.41, 5.74) is -0.0205. The van der Waals surface area contributed by atoms with E-state index in [9.17, 15) is 24.5 Å². The predicted molar refractivity (Wildman–Crippen MR) is 75.0 cm³/mol. The molecule has 0 aliphatic carbocycles. The van der Waals surface area contributed by atoms with Crippen molar-refractivity contribution in [3.8, 4) is 0 Å². The van der Waals surface area contributed by atoms with E-state index in [4.69, 9.17) is 0 Å². The van der Waals surface area contributed by atoms with Gasteiger partial charge in [0.1, 0.15) is 0 Å². The topological polar surface area (TPSA) is 128 Å². The molecule has 0 aromatic heterocycles. The zero-order valence-corrected chi connectivity index (χ0v) is 11.8. The number of para-hydroxylation sites is 1. The summed E-state index contributed by atoms with van der Waals surface area (Å²) in [5.74, 6) is -1.60. The second-order valence-corrected chi connectivity index (χ2v) is 4.13. The molecule has 0 heterocycles. The first-order chi connectivity index (χ1) is 10.4. The number of nitrogens with zero attached hydrogens (tertiary/aromatic N) is 1. The van der Waals surface area contributed by atoms with Crippen LogP contribution in [-0.2, 0) is 20.7 Å². The third-order valence-corrected chi connectivity index (χ3v) is 2.48. The van der Waals surface area contributed by atoms with E-state index in [0.717, 1.165) is 0 Å². The molecule has 2 N–H and O–H groups in total. The average Bonchev–Trinajstić information content (AvgIpc) is 2.45. The van der Waals surface area contributed by atoms with E-state index in [1.165, 1.54) is 18.2 Å². The van der Waals surface area contributed by atoms with Crippen molar-refractivity contribution in [1.82, 2.24) is 10.6 Å². The number of nitro benzene ring substituents is 1. The minimum Gasteiger partial charge on any atom is -0.455 e. The number of benzene rings is 1. The van der Waals surface area contributed by atoms with Gasteiger partial charge in [-0.1, -0.05) is 18.2 Å². The summed E-state index contributed by atoms with van der Waals surface area (Å²) >= 11 is 0. The lowest BCUT2D eigenvalue weighted by atomic mass is 10.1. The third kappa shape index (κ3) is 5.57.